The zero-order valence-electron chi connectivity index (χ0n) is 15.2. The molecule has 0 heterocycles. The average molecular weight is 424 g/mol. The quantitative estimate of drug-likeness (QED) is 0.435. The van der Waals surface area contributed by atoms with Gasteiger partial charge in [-0.2, -0.15) is 0 Å². The molecule has 0 aliphatic rings. The van der Waals surface area contributed by atoms with Crippen LogP contribution in [0.1, 0.15) is 18.5 Å². The van der Waals surface area contributed by atoms with Crippen molar-refractivity contribution < 1.29 is 9.53 Å². The summed E-state index contributed by atoms with van der Waals surface area (Å²) in [5.41, 5.74) is 2.07. The summed E-state index contributed by atoms with van der Waals surface area (Å²) in [7, 11) is 0. The molecule has 2 atom stereocenters. The van der Waals surface area contributed by atoms with Crippen molar-refractivity contribution in [2.24, 2.45) is 0 Å². The van der Waals surface area contributed by atoms with E-state index in [0.29, 0.717) is 6.61 Å². The van der Waals surface area contributed by atoms with Crippen molar-refractivity contribution in [3.8, 4) is 0 Å². The Labute approximate surface area is 166 Å². The van der Waals surface area contributed by atoms with Crippen molar-refractivity contribution in [3.63, 3.8) is 0 Å². The van der Waals surface area contributed by atoms with Crippen LogP contribution in [0.3, 0.4) is 0 Å². The van der Waals surface area contributed by atoms with E-state index in [1.807, 2.05) is 73.7 Å². The minimum atomic E-state index is -0.276. The molecule has 3 rings (SSSR count). The van der Waals surface area contributed by atoms with Crippen molar-refractivity contribution in [1.82, 2.24) is 0 Å². The van der Waals surface area contributed by atoms with Crippen LogP contribution in [-0.4, -0.2) is 27.5 Å². The van der Waals surface area contributed by atoms with Gasteiger partial charge in [0.05, 0.1) is 0 Å². The van der Waals surface area contributed by atoms with E-state index in [4.69, 9.17) is 4.74 Å². The Morgan fingerprint density at radius 2 is 1.44 bits per heavy atom. The zero-order valence-corrected chi connectivity index (χ0v) is 17.0. The van der Waals surface area contributed by atoms with E-state index >= 15 is 0 Å². The summed E-state index contributed by atoms with van der Waals surface area (Å²) in [4.78, 5) is 12.6. The van der Waals surface area contributed by atoms with Gasteiger partial charge in [0.15, 0.2) is 0 Å². The Kier molecular flexibility index (Phi) is 7.09. The van der Waals surface area contributed by atoms with E-state index < -0.39 is 0 Å². The molecule has 138 valence electrons. The average Bonchev–Trinajstić information content (AvgIpc) is 2.73. The molecule has 0 bridgehead atoms. The molecule has 3 aromatic carbocycles. The molecular formula is C23H23NO2Se. The molecule has 4 heteroatoms. The molecular weight excluding hydrogens is 401 g/mol. The number of carbonyl (C=O) groups is 1. The van der Waals surface area contributed by atoms with Gasteiger partial charge in [-0.05, 0) is 0 Å². The van der Waals surface area contributed by atoms with E-state index in [-0.39, 0.29) is 31.8 Å². The summed E-state index contributed by atoms with van der Waals surface area (Å²) in [6, 6.07) is 30.2. The van der Waals surface area contributed by atoms with E-state index in [1.165, 1.54) is 4.46 Å². The predicted molar refractivity (Wildman–Crippen MR) is 111 cm³/mol. The summed E-state index contributed by atoms with van der Waals surface area (Å²) in [5, 5.41) is 3.57. The monoisotopic (exact) mass is 425 g/mol. The minimum absolute atomic E-state index is 0.0736. The molecule has 0 unspecified atom stereocenters. The fourth-order valence-electron chi connectivity index (χ4n) is 2.83. The second kappa shape index (κ2) is 9.96. The Hall–Kier alpha value is -2.55. The molecule has 0 spiro atoms. The Morgan fingerprint density at radius 3 is 2.04 bits per heavy atom. The number of hydrogen-bond acceptors (Lipinski definition) is 3. The van der Waals surface area contributed by atoms with E-state index in [0.717, 1.165) is 11.3 Å². The Balaban J connectivity index is 1.96. The molecule has 3 aromatic rings. The number of carbonyl (C=O) groups excluding carboxylic acids is 1. The van der Waals surface area contributed by atoms with Gasteiger partial charge in [-0.25, -0.2) is 0 Å². The molecule has 0 saturated heterocycles. The third-order valence-corrected chi connectivity index (χ3v) is 6.73. The molecule has 0 aromatic heterocycles. The first-order valence-corrected chi connectivity index (χ1v) is 10.9. The van der Waals surface area contributed by atoms with Gasteiger partial charge >= 0.3 is 167 Å². The molecule has 0 aliphatic carbocycles. The van der Waals surface area contributed by atoms with Crippen LogP contribution in [0, 0.1) is 0 Å². The number of hydrogen-bond donors (Lipinski definition) is 1. The number of benzene rings is 3. The summed E-state index contributed by atoms with van der Waals surface area (Å²) in [6.07, 6.45) is 0. The fourth-order valence-corrected chi connectivity index (χ4v) is 5.21. The molecule has 0 fully saturated rings. The van der Waals surface area contributed by atoms with Crippen molar-refractivity contribution >= 4 is 31.1 Å². The SMILES string of the molecule is CCOC(=O)[C@@H]([Se]c1ccccc1)[C@@H](Nc1ccccc1)c1ccccc1. The Bertz CT molecular complexity index is 825. The first kappa shape index (κ1) is 19.2. The van der Waals surface area contributed by atoms with Crippen LogP contribution < -0.4 is 9.78 Å². The van der Waals surface area contributed by atoms with Crippen LogP contribution >= 0.6 is 0 Å². The standard InChI is InChI=1S/C23H23NO2Se/c1-2-26-23(25)22(27-20-16-10-5-11-17-20)21(18-12-6-3-7-13-18)24-19-14-8-4-9-15-19/h3-17,21-22,24H,2H2,1H3/t21-,22-/m0/s1. The van der Waals surface area contributed by atoms with Crippen LogP contribution in [0.15, 0.2) is 91.0 Å². The van der Waals surface area contributed by atoms with E-state index in [9.17, 15) is 4.79 Å². The van der Waals surface area contributed by atoms with Gasteiger partial charge in [0, 0.05) is 0 Å². The van der Waals surface area contributed by atoms with Crippen LogP contribution in [0.4, 0.5) is 5.69 Å². The molecule has 27 heavy (non-hydrogen) atoms. The number of rotatable bonds is 8. The zero-order chi connectivity index (χ0) is 18.9. The van der Waals surface area contributed by atoms with E-state index in [2.05, 4.69) is 29.6 Å². The molecule has 0 aliphatic heterocycles. The van der Waals surface area contributed by atoms with Crippen molar-refractivity contribution in [2.45, 2.75) is 17.8 Å². The van der Waals surface area contributed by atoms with Gasteiger partial charge < -0.3 is 0 Å². The maximum atomic E-state index is 12.9. The van der Waals surface area contributed by atoms with Gasteiger partial charge in [0.1, 0.15) is 0 Å². The third kappa shape index (κ3) is 5.46. The van der Waals surface area contributed by atoms with Gasteiger partial charge in [-0.1, -0.05) is 0 Å². The van der Waals surface area contributed by atoms with Gasteiger partial charge in [0.25, 0.3) is 0 Å². The maximum absolute atomic E-state index is 12.9. The van der Waals surface area contributed by atoms with Crippen LogP contribution in [-0.2, 0) is 9.53 Å². The number of anilines is 1. The molecule has 0 radical (unpaired) electrons. The Morgan fingerprint density at radius 1 is 0.889 bits per heavy atom. The van der Waals surface area contributed by atoms with Gasteiger partial charge in [-0.3, -0.25) is 0 Å². The van der Waals surface area contributed by atoms with Gasteiger partial charge in [-0.15, -0.1) is 0 Å². The van der Waals surface area contributed by atoms with Crippen LogP contribution in [0.25, 0.3) is 0 Å². The first-order chi connectivity index (χ1) is 13.3. The second-order valence-electron chi connectivity index (χ2n) is 6.00. The summed E-state index contributed by atoms with van der Waals surface area (Å²) >= 11 is -0.0736. The number of nitrogens with one attached hydrogen (secondary N) is 1. The summed E-state index contributed by atoms with van der Waals surface area (Å²) in [5.74, 6) is -0.154. The second-order valence-corrected chi connectivity index (χ2v) is 8.55. The number of esters is 1. The van der Waals surface area contributed by atoms with Crippen molar-refractivity contribution in [3.05, 3.63) is 96.6 Å². The van der Waals surface area contributed by atoms with Crippen molar-refractivity contribution in [1.29, 1.82) is 0 Å². The third-order valence-electron chi connectivity index (χ3n) is 4.08. The predicted octanol–water partition coefficient (Wildman–Crippen LogP) is 4.22. The summed E-state index contributed by atoms with van der Waals surface area (Å²) < 4.78 is 6.63. The van der Waals surface area contributed by atoms with E-state index in [1.54, 1.807) is 0 Å². The molecule has 1 N–H and O–H groups in total. The number of para-hydroxylation sites is 1. The van der Waals surface area contributed by atoms with Crippen LogP contribution in [0.2, 0.25) is 4.82 Å². The van der Waals surface area contributed by atoms with Crippen molar-refractivity contribution in [2.75, 3.05) is 11.9 Å². The van der Waals surface area contributed by atoms with Gasteiger partial charge in [0.2, 0.25) is 0 Å². The van der Waals surface area contributed by atoms with Crippen LogP contribution in [0.5, 0.6) is 0 Å². The number of ether oxygens (including phenoxy) is 1. The molecule has 3 nitrogen and oxygen atoms in total. The first-order valence-electron chi connectivity index (χ1n) is 9.03. The topological polar surface area (TPSA) is 38.3 Å². The summed E-state index contributed by atoms with van der Waals surface area (Å²) in [6.45, 7) is 2.24. The normalized spacial score (nSPS) is 12.8. The fraction of sp³-hybridized carbons (Fsp3) is 0.174. The molecule has 0 amide bonds. The molecule has 0 saturated carbocycles.